The number of aliphatic hydroxyl groups excluding tert-OH is 1. The molecule has 1 aliphatic rings. The first-order valence-corrected chi connectivity index (χ1v) is 7.86. The average Bonchev–Trinajstić information content (AvgIpc) is 2.94. The molecule has 0 aliphatic heterocycles. The molecule has 0 radical (unpaired) electrons. The molecule has 1 aromatic carbocycles. The molecule has 0 spiro atoms. The summed E-state index contributed by atoms with van der Waals surface area (Å²) in [6, 6.07) is 8.32. The van der Waals surface area contributed by atoms with Crippen molar-refractivity contribution in [2.24, 2.45) is 11.8 Å². The van der Waals surface area contributed by atoms with Crippen molar-refractivity contribution in [1.29, 1.82) is 0 Å². The van der Waals surface area contributed by atoms with Crippen molar-refractivity contribution in [3.8, 4) is 5.75 Å². The van der Waals surface area contributed by atoms with Crippen molar-refractivity contribution >= 4 is 0 Å². The molecule has 0 aromatic heterocycles. The number of rotatable bonds is 8. The van der Waals surface area contributed by atoms with Crippen molar-refractivity contribution in [3.05, 3.63) is 29.8 Å². The zero-order chi connectivity index (χ0) is 14.2. The van der Waals surface area contributed by atoms with Gasteiger partial charge in [0.2, 0.25) is 0 Å². The molecule has 3 heteroatoms. The van der Waals surface area contributed by atoms with E-state index >= 15 is 0 Å². The molecule has 1 saturated carbocycles. The van der Waals surface area contributed by atoms with Crippen molar-refractivity contribution in [2.45, 2.75) is 39.2 Å². The Morgan fingerprint density at radius 3 is 2.65 bits per heavy atom. The molecule has 20 heavy (non-hydrogen) atoms. The highest BCUT2D eigenvalue weighted by Gasteiger charge is 2.25. The van der Waals surface area contributed by atoms with Crippen molar-refractivity contribution < 1.29 is 9.84 Å². The van der Waals surface area contributed by atoms with E-state index in [0.29, 0.717) is 18.4 Å². The molecule has 0 heterocycles. The predicted octanol–water partition coefficient (Wildman–Crippen LogP) is 2.97. The number of aliphatic hydroxyl groups is 1. The lowest BCUT2D eigenvalue weighted by Crippen LogP contribution is -2.26. The second-order valence-electron chi connectivity index (χ2n) is 5.76. The summed E-state index contributed by atoms with van der Waals surface area (Å²) in [6.45, 7) is 5.14. The molecule has 2 atom stereocenters. The van der Waals surface area contributed by atoms with E-state index in [9.17, 15) is 5.11 Å². The summed E-state index contributed by atoms with van der Waals surface area (Å²) in [5, 5.41) is 12.8. The van der Waals surface area contributed by atoms with Crippen LogP contribution in [0.1, 0.15) is 38.2 Å². The molecule has 0 bridgehead atoms. The molecule has 1 aliphatic carbocycles. The average molecular weight is 277 g/mol. The lowest BCUT2D eigenvalue weighted by molar-refractivity contribution is 0.192. The number of hydrogen-bond acceptors (Lipinski definition) is 3. The normalized spacial score (nSPS) is 22.1. The van der Waals surface area contributed by atoms with E-state index in [2.05, 4.69) is 24.4 Å². The predicted molar refractivity (Wildman–Crippen MR) is 81.9 cm³/mol. The summed E-state index contributed by atoms with van der Waals surface area (Å²) in [5.74, 6) is 2.10. The fourth-order valence-electron chi connectivity index (χ4n) is 2.95. The largest absolute Gasteiger partial charge is 0.494 e. The first kappa shape index (κ1) is 15.3. The Bertz CT molecular complexity index is 377. The molecular formula is C17H27NO2. The van der Waals surface area contributed by atoms with Crippen LogP contribution in [0.4, 0.5) is 0 Å². The summed E-state index contributed by atoms with van der Waals surface area (Å²) < 4.78 is 5.58. The fourth-order valence-corrected chi connectivity index (χ4v) is 2.95. The molecule has 112 valence electrons. The van der Waals surface area contributed by atoms with E-state index in [4.69, 9.17) is 4.74 Å². The highest BCUT2D eigenvalue weighted by molar-refractivity contribution is 5.27. The fraction of sp³-hybridized carbons (Fsp3) is 0.647. The quantitative estimate of drug-likeness (QED) is 0.767. The van der Waals surface area contributed by atoms with Gasteiger partial charge in [0, 0.05) is 13.2 Å². The van der Waals surface area contributed by atoms with Gasteiger partial charge in [-0.25, -0.2) is 0 Å². The van der Waals surface area contributed by atoms with Gasteiger partial charge >= 0.3 is 0 Å². The minimum atomic E-state index is 0.343. The van der Waals surface area contributed by atoms with Crippen LogP contribution in [-0.4, -0.2) is 24.9 Å². The number of ether oxygens (including phenoxy) is 1. The number of nitrogens with one attached hydrogen (secondary N) is 1. The summed E-state index contributed by atoms with van der Waals surface area (Å²) >= 11 is 0. The van der Waals surface area contributed by atoms with Gasteiger partial charge in [0.25, 0.3) is 0 Å². The Morgan fingerprint density at radius 2 is 1.95 bits per heavy atom. The van der Waals surface area contributed by atoms with E-state index in [1.807, 2.05) is 12.1 Å². The standard InChI is InChI=1S/C17H27NO2/c1-2-10-20-17-8-6-14(7-9-17)11-18-12-15-4-3-5-16(15)13-19/h6-9,15-16,18-19H,2-5,10-13H2,1H3. The first-order valence-electron chi connectivity index (χ1n) is 7.86. The van der Waals surface area contributed by atoms with Gasteiger partial charge in [0.15, 0.2) is 0 Å². The first-order chi connectivity index (χ1) is 9.83. The Morgan fingerprint density at radius 1 is 1.20 bits per heavy atom. The lowest BCUT2D eigenvalue weighted by atomic mass is 9.97. The monoisotopic (exact) mass is 277 g/mol. The molecule has 2 N–H and O–H groups in total. The Balaban J connectivity index is 1.71. The highest BCUT2D eigenvalue weighted by Crippen LogP contribution is 2.30. The summed E-state index contributed by atoms with van der Waals surface area (Å²) in [6.07, 6.45) is 4.74. The maximum absolute atomic E-state index is 9.31. The van der Waals surface area contributed by atoms with Crippen LogP contribution in [-0.2, 0) is 6.54 Å². The van der Waals surface area contributed by atoms with E-state index in [-0.39, 0.29) is 0 Å². The zero-order valence-electron chi connectivity index (χ0n) is 12.5. The topological polar surface area (TPSA) is 41.5 Å². The Hall–Kier alpha value is -1.06. The third-order valence-electron chi connectivity index (χ3n) is 4.18. The summed E-state index contributed by atoms with van der Waals surface area (Å²) in [5.41, 5.74) is 1.28. The van der Waals surface area contributed by atoms with Gasteiger partial charge in [0.05, 0.1) is 6.61 Å². The minimum Gasteiger partial charge on any atom is -0.494 e. The third-order valence-corrected chi connectivity index (χ3v) is 4.18. The van der Waals surface area contributed by atoms with Gasteiger partial charge in [-0.3, -0.25) is 0 Å². The van der Waals surface area contributed by atoms with Crippen molar-refractivity contribution in [1.82, 2.24) is 5.32 Å². The van der Waals surface area contributed by atoms with E-state index in [1.165, 1.54) is 24.8 Å². The molecular weight excluding hydrogens is 250 g/mol. The van der Waals surface area contributed by atoms with E-state index in [1.54, 1.807) is 0 Å². The molecule has 2 rings (SSSR count). The minimum absolute atomic E-state index is 0.343. The molecule has 1 fully saturated rings. The van der Waals surface area contributed by atoms with Crippen LogP contribution in [0.15, 0.2) is 24.3 Å². The van der Waals surface area contributed by atoms with Gasteiger partial charge < -0.3 is 15.2 Å². The van der Waals surface area contributed by atoms with Crippen LogP contribution in [0.3, 0.4) is 0 Å². The maximum Gasteiger partial charge on any atom is 0.119 e. The molecule has 1 aromatic rings. The zero-order valence-corrected chi connectivity index (χ0v) is 12.5. The van der Waals surface area contributed by atoms with Gasteiger partial charge in [-0.1, -0.05) is 25.5 Å². The van der Waals surface area contributed by atoms with Gasteiger partial charge in [0.1, 0.15) is 5.75 Å². The van der Waals surface area contributed by atoms with Crippen molar-refractivity contribution in [3.63, 3.8) is 0 Å². The van der Waals surface area contributed by atoms with Crippen LogP contribution in [0.25, 0.3) is 0 Å². The summed E-state index contributed by atoms with van der Waals surface area (Å²) in [7, 11) is 0. The molecule has 3 nitrogen and oxygen atoms in total. The van der Waals surface area contributed by atoms with Gasteiger partial charge in [-0.2, -0.15) is 0 Å². The SMILES string of the molecule is CCCOc1ccc(CNCC2CCCC2CO)cc1. The second-order valence-corrected chi connectivity index (χ2v) is 5.76. The third kappa shape index (κ3) is 4.50. The lowest BCUT2D eigenvalue weighted by Gasteiger charge is -2.17. The van der Waals surface area contributed by atoms with E-state index in [0.717, 1.165) is 31.9 Å². The van der Waals surface area contributed by atoms with Crippen molar-refractivity contribution in [2.75, 3.05) is 19.8 Å². The molecule has 0 amide bonds. The summed E-state index contributed by atoms with van der Waals surface area (Å²) in [4.78, 5) is 0. The van der Waals surface area contributed by atoms with Crippen LogP contribution in [0.2, 0.25) is 0 Å². The molecule has 0 saturated heterocycles. The number of benzene rings is 1. The van der Waals surface area contributed by atoms with Gasteiger partial charge in [-0.15, -0.1) is 0 Å². The Labute approximate surface area is 122 Å². The molecule has 2 unspecified atom stereocenters. The van der Waals surface area contributed by atoms with Gasteiger partial charge in [-0.05, 0) is 55.3 Å². The number of hydrogen-bond donors (Lipinski definition) is 2. The smallest absolute Gasteiger partial charge is 0.119 e. The van der Waals surface area contributed by atoms with Crippen LogP contribution >= 0.6 is 0 Å². The van der Waals surface area contributed by atoms with E-state index < -0.39 is 0 Å². The maximum atomic E-state index is 9.31. The van der Waals surface area contributed by atoms with Crippen LogP contribution in [0, 0.1) is 11.8 Å². The highest BCUT2D eigenvalue weighted by atomic mass is 16.5. The van der Waals surface area contributed by atoms with Crippen LogP contribution in [0.5, 0.6) is 5.75 Å². The second kappa shape index (κ2) is 8.28. The van der Waals surface area contributed by atoms with Crippen LogP contribution < -0.4 is 10.1 Å². The Kier molecular flexibility index (Phi) is 6.34.